The third-order valence-corrected chi connectivity index (χ3v) is 5.34. The Bertz CT molecular complexity index is 1130. The van der Waals surface area contributed by atoms with Gasteiger partial charge in [-0.2, -0.15) is 0 Å². The lowest BCUT2D eigenvalue weighted by Crippen LogP contribution is -2.26. The van der Waals surface area contributed by atoms with Crippen LogP contribution in [0.5, 0.6) is 0 Å². The van der Waals surface area contributed by atoms with Crippen LogP contribution < -0.4 is 5.32 Å². The molecule has 5 nitrogen and oxygen atoms in total. The molecule has 32 heavy (non-hydrogen) atoms. The molecule has 0 saturated carbocycles. The number of rotatable bonds is 8. The molecule has 2 N–H and O–H groups in total. The van der Waals surface area contributed by atoms with E-state index in [1.807, 2.05) is 67.6 Å². The van der Waals surface area contributed by atoms with Crippen LogP contribution in [-0.2, 0) is 16.0 Å². The molecule has 0 aliphatic heterocycles. The van der Waals surface area contributed by atoms with Gasteiger partial charge in [0.05, 0.1) is 11.8 Å². The Kier molecular flexibility index (Phi) is 6.89. The number of carboxylic acid groups (broad SMARTS) is 1. The van der Waals surface area contributed by atoms with Gasteiger partial charge in [0.15, 0.2) is 5.78 Å². The number of aryl methyl sites for hydroxylation is 1. The van der Waals surface area contributed by atoms with Gasteiger partial charge >= 0.3 is 5.97 Å². The van der Waals surface area contributed by atoms with Gasteiger partial charge in [0.25, 0.3) is 0 Å². The Labute approximate surface area is 188 Å². The van der Waals surface area contributed by atoms with Crippen molar-refractivity contribution in [3.63, 3.8) is 0 Å². The molecule has 164 valence electrons. The summed E-state index contributed by atoms with van der Waals surface area (Å²) in [6, 6.07) is 22.5. The van der Waals surface area contributed by atoms with E-state index in [4.69, 9.17) is 0 Å². The molecule has 0 bridgehead atoms. The van der Waals surface area contributed by atoms with Crippen molar-refractivity contribution in [3.05, 3.63) is 89.5 Å². The van der Waals surface area contributed by atoms with E-state index in [1.165, 1.54) is 0 Å². The second kappa shape index (κ2) is 9.60. The van der Waals surface area contributed by atoms with Gasteiger partial charge in [0.2, 0.25) is 5.91 Å². The van der Waals surface area contributed by atoms with Gasteiger partial charge in [-0.3, -0.25) is 14.4 Å². The molecule has 1 amide bonds. The molecule has 3 rings (SSSR count). The van der Waals surface area contributed by atoms with E-state index in [0.29, 0.717) is 17.7 Å². The quantitative estimate of drug-likeness (QED) is 0.461. The highest BCUT2D eigenvalue weighted by molar-refractivity contribution is 5.99. The summed E-state index contributed by atoms with van der Waals surface area (Å²) in [4.78, 5) is 36.0. The average Bonchev–Trinajstić information content (AvgIpc) is 2.74. The van der Waals surface area contributed by atoms with Gasteiger partial charge in [0.1, 0.15) is 0 Å². The number of carbonyl (C=O) groups excluding carboxylic acids is 2. The van der Waals surface area contributed by atoms with Gasteiger partial charge in [-0.05, 0) is 49.6 Å². The molecular formula is C27H27NO4. The molecule has 0 aromatic heterocycles. The molecule has 5 heteroatoms. The van der Waals surface area contributed by atoms with E-state index in [9.17, 15) is 19.5 Å². The van der Waals surface area contributed by atoms with Gasteiger partial charge in [-0.15, -0.1) is 0 Å². The summed E-state index contributed by atoms with van der Waals surface area (Å²) in [7, 11) is 0. The Morgan fingerprint density at radius 3 is 2.03 bits per heavy atom. The molecule has 0 unspecified atom stereocenters. The van der Waals surface area contributed by atoms with Crippen LogP contribution in [0.4, 0.5) is 5.69 Å². The van der Waals surface area contributed by atoms with Crippen molar-refractivity contribution in [1.82, 2.24) is 0 Å². The van der Waals surface area contributed by atoms with Crippen LogP contribution in [-0.4, -0.2) is 22.8 Å². The summed E-state index contributed by atoms with van der Waals surface area (Å²) in [6.45, 7) is 5.09. The summed E-state index contributed by atoms with van der Waals surface area (Å²) in [5.41, 5.74) is 4.08. The third kappa shape index (κ3) is 5.91. The maximum Gasteiger partial charge on any atom is 0.309 e. The first-order valence-corrected chi connectivity index (χ1v) is 10.5. The van der Waals surface area contributed by atoms with Crippen LogP contribution in [0.25, 0.3) is 11.1 Å². The van der Waals surface area contributed by atoms with Crippen LogP contribution >= 0.6 is 0 Å². The highest BCUT2D eigenvalue weighted by Gasteiger charge is 2.30. The standard InChI is InChI=1S/C27H27NO4/c1-18-5-4-6-19(15-18)16-25(30)28-23-13-11-21(12-14-23)20-7-9-22(10-8-20)24(29)17-27(2,3)26(31)32/h4-15H,16-17H2,1-3H3,(H,28,30)(H,31,32). The van der Waals surface area contributed by atoms with Crippen molar-refractivity contribution in [1.29, 1.82) is 0 Å². The zero-order valence-electron chi connectivity index (χ0n) is 18.5. The number of carbonyl (C=O) groups is 3. The lowest BCUT2D eigenvalue weighted by molar-refractivity contribution is -0.146. The number of anilines is 1. The minimum absolute atomic E-state index is 0.0569. The first-order chi connectivity index (χ1) is 15.1. The number of carboxylic acids is 1. The van der Waals surface area contributed by atoms with E-state index in [-0.39, 0.29) is 18.1 Å². The average molecular weight is 430 g/mol. The smallest absolute Gasteiger partial charge is 0.309 e. The Morgan fingerprint density at radius 2 is 1.47 bits per heavy atom. The molecule has 0 aliphatic carbocycles. The molecule has 3 aromatic carbocycles. The summed E-state index contributed by atoms with van der Waals surface area (Å²) in [5.74, 6) is -1.26. The summed E-state index contributed by atoms with van der Waals surface area (Å²) in [6.07, 6.45) is 0.260. The molecule has 0 spiro atoms. The van der Waals surface area contributed by atoms with Crippen molar-refractivity contribution < 1.29 is 19.5 Å². The zero-order valence-corrected chi connectivity index (χ0v) is 18.5. The minimum atomic E-state index is -1.10. The van der Waals surface area contributed by atoms with Crippen molar-refractivity contribution in [3.8, 4) is 11.1 Å². The van der Waals surface area contributed by atoms with E-state index in [2.05, 4.69) is 5.32 Å². The van der Waals surface area contributed by atoms with Gasteiger partial charge in [0, 0.05) is 17.7 Å². The number of ketones is 1. The molecule has 0 fully saturated rings. The maximum atomic E-state index is 12.4. The molecule has 0 radical (unpaired) electrons. The number of hydrogen-bond donors (Lipinski definition) is 2. The number of aliphatic carboxylic acids is 1. The number of benzene rings is 3. The lowest BCUT2D eigenvalue weighted by atomic mass is 9.85. The fraction of sp³-hybridized carbons (Fsp3) is 0.222. The predicted octanol–water partition coefficient (Wildman–Crippen LogP) is 5.53. The number of hydrogen-bond acceptors (Lipinski definition) is 3. The molecule has 0 heterocycles. The maximum absolute atomic E-state index is 12.4. The molecule has 0 atom stereocenters. The molecule has 3 aromatic rings. The Morgan fingerprint density at radius 1 is 0.875 bits per heavy atom. The van der Waals surface area contributed by atoms with Crippen LogP contribution in [0, 0.1) is 12.3 Å². The molecular weight excluding hydrogens is 402 g/mol. The van der Waals surface area contributed by atoms with Gasteiger partial charge in [-0.1, -0.05) is 66.2 Å². The highest BCUT2D eigenvalue weighted by atomic mass is 16.4. The molecule has 0 saturated heterocycles. The minimum Gasteiger partial charge on any atom is -0.481 e. The van der Waals surface area contributed by atoms with Gasteiger partial charge < -0.3 is 10.4 Å². The van der Waals surface area contributed by atoms with Crippen LogP contribution in [0.2, 0.25) is 0 Å². The van der Waals surface area contributed by atoms with E-state index >= 15 is 0 Å². The van der Waals surface area contributed by atoms with Crippen molar-refractivity contribution >= 4 is 23.3 Å². The number of amides is 1. The van der Waals surface area contributed by atoms with Crippen molar-refractivity contribution in [2.75, 3.05) is 5.32 Å². The Hall–Kier alpha value is -3.73. The van der Waals surface area contributed by atoms with Crippen molar-refractivity contribution in [2.45, 2.75) is 33.6 Å². The fourth-order valence-corrected chi connectivity index (χ4v) is 3.39. The van der Waals surface area contributed by atoms with Crippen LogP contribution in [0.1, 0.15) is 41.8 Å². The third-order valence-electron chi connectivity index (χ3n) is 5.34. The highest BCUT2D eigenvalue weighted by Crippen LogP contribution is 2.26. The second-order valence-corrected chi connectivity index (χ2v) is 8.66. The SMILES string of the molecule is Cc1cccc(CC(=O)Nc2ccc(-c3ccc(C(=O)CC(C)(C)C(=O)O)cc3)cc2)c1. The predicted molar refractivity (Wildman–Crippen MR) is 126 cm³/mol. The van der Waals surface area contributed by atoms with Crippen molar-refractivity contribution in [2.24, 2.45) is 5.41 Å². The van der Waals surface area contributed by atoms with E-state index in [0.717, 1.165) is 22.3 Å². The monoisotopic (exact) mass is 429 g/mol. The second-order valence-electron chi connectivity index (χ2n) is 8.66. The normalized spacial score (nSPS) is 11.1. The topological polar surface area (TPSA) is 83.5 Å². The first kappa shape index (κ1) is 22.9. The first-order valence-electron chi connectivity index (χ1n) is 10.5. The largest absolute Gasteiger partial charge is 0.481 e. The summed E-state index contributed by atoms with van der Waals surface area (Å²) in [5, 5.41) is 12.1. The summed E-state index contributed by atoms with van der Waals surface area (Å²) < 4.78 is 0. The lowest BCUT2D eigenvalue weighted by Gasteiger charge is -2.17. The molecule has 0 aliphatic rings. The Balaban J connectivity index is 1.62. The number of nitrogens with one attached hydrogen (secondary N) is 1. The van der Waals surface area contributed by atoms with Crippen LogP contribution in [0.15, 0.2) is 72.8 Å². The van der Waals surface area contributed by atoms with E-state index < -0.39 is 11.4 Å². The number of Topliss-reactive ketones (excluding diaryl/α,β-unsaturated/α-hetero) is 1. The summed E-state index contributed by atoms with van der Waals surface area (Å²) >= 11 is 0. The zero-order chi connectivity index (χ0) is 23.3. The van der Waals surface area contributed by atoms with Gasteiger partial charge in [-0.25, -0.2) is 0 Å². The van der Waals surface area contributed by atoms with E-state index in [1.54, 1.807) is 26.0 Å². The fourth-order valence-electron chi connectivity index (χ4n) is 3.39. The van der Waals surface area contributed by atoms with Crippen LogP contribution in [0.3, 0.4) is 0 Å².